The Balaban J connectivity index is 1.19. The van der Waals surface area contributed by atoms with E-state index in [1.165, 1.54) is 40.7 Å². The first-order chi connectivity index (χ1) is 17.1. The summed E-state index contributed by atoms with van der Waals surface area (Å²) in [5.41, 5.74) is 7.37. The molecule has 0 spiro atoms. The van der Waals surface area contributed by atoms with Gasteiger partial charge in [-0.15, -0.1) is 0 Å². The highest BCUT2D eigenvalue weighted by atomic mass is 16.5. The van der Waals surface area contributed by atoms with Crippen molar-refractivity contribution < 1.29 is 4.74 Å². The molecule has 2 aliphatic heterocycles. The molecule has 0 bridgehead atoms. The van der Waals surface area contributed by atoms with Crippen LogP contribution in [0.4, 0.5) is 11.4 Å². The predicted octanol–water partition coefficient (Wildman–Crippen LogP) is 4.75. The van der Waals surface area contributed by atoms with Crippen LogP contribution in [-0.4, -0.2) is 69.9 Å². The molecule has 6 heteroatoms. The van der Waals surface area contributed by atoms with Crippen LogP contribution >= 0.6 is 0 Å². The predicted molar refractivity (Wildman–Crippen MR) is 144 cm³/mol. The molecule has 35 heavy (non-hydrogen) atoms. The molecular weight excluding hydrogens is 434 g/mol. The lowest BCUT2D eigenvalue weighted by atomic mass is 9.87. The van der Waals surface area contributed by atoms with Gasteiger partial charge in [0.15, 0.2) is 0 Å². The molecule has 5 rings (SSSR count). The van der Waals surface area contributed by atoms with Gasteiger partial charge in [0.2, 0.25) is 0 Å². The average Bonchev–Trinajstić information content (AvgIpc) is 3.31. The summed E-state index contributed by atoms with van der Waals surface area (Å²) in [4.78, 5) is 10.7. The molecule has 1 N–H and O–H groups in total. The Morgan fingerprint density at radius 1 is 1.06 bits per heavy atom. The van der Waals surface area contributed by atoms with Gasteiger partial charge in [-0.2, -0.15) is 5.26 Å². The fraction of sp³-hybridized carbons (Fsp3) is 0.483. The molecule has 0 aliphatic carbocycles. The number of anilines is 2. The highest BCUT2D eigenvalue weighted by molar-refractivity contribution is 5.84. The lowest BCUT2D eigenvalue weighted by Crippen LogP contribution is -2.38. The third-order valence-electron chi connectivity index (χ3n) is 7.73. The average molecular weight is 472 g/mol. The van der Waals surface area contributed by atoms with Gasteiger partial charge < -0.3 is 24.4 Å². The lowest BCUT2D eigenvalue weighted by Gasteiger charge is -2.36. The first-order valence-corrected chi connectivity index (χ1v) is 13.0. The fourth-order valence-electron chi connectivity index (χ4n) is 5.65. The largest absolute Gasteiger partial charge is 0.378 e. The van der Waals surface area contributed by atoms with Crippen molar-refractivity contribution >= 4 is 22.3 Å². The quantitative estimate of drug-likeness (QED) is 0.539. The highest BCUT2D eigenvalue weighted by Gasteiger charge is 2.25. The van der Waals surface area contributed by atoms with Gasteiger partial charge in [0.1, 0.15) is 0 Å². The van der Waals surface area contributed by atoms with Crippen molar-refractivity contribution in [3.8, 4) is 6.07 Å². The number of hydrogen-bond acceptors (Lipinski definition) is 5. The van der Waals surface area contributed by atoms with E-state index in [4.69, 9.17) is 4.74 Å². The zero-order valence-corrected chi connectivity index (χ0v) is 21.1. The maximum atomic E-state index is 9.23. The second-order valence-electron chi connectivity index (χ2n) is 10.1. The number of ether oxygens (including phenoxy) is 1. The number of benzene rings is 2. The van der Waals surface area contributed by atoms with Crippen molar-refractivity contribution in [2.75, 3.05) is 69.8 Å². The van der Waals surface area contributed by atoms with Crippen molar-refractivity contribution in [2.24, 2.45) is 0 Å². The van der Waals surface area contributed by atoms with Crippen molar-refractivity contribution in [3.05, 3.63) is 59.3 Å². The third-order valence-corrected chi connectivity index (χ3v) is 7.73. The summed E-state index contributed by atoms with van der Waals surface area (Å²) >= 11 is 0. The number of nitrogens with zero attached hydrogens (tertiary/aromatic N) is 4. The van der Waals surface area contributed by atoms with Crippen LogP contribution in [0.2, 0.25) is 0 Å². The minimum absolute atomic E-state index is 0.623. The highest BCUT2D eigenvalue weighted by Crippen LogP contribution is 2.37. The van der Waals surface area contributed by atoms with E-state index < -0.39 is 0 Å². The molecule has 2 aromatic carbocycles. The molecule has 2 fully saturated rings. The summed E-state index contributed by atoms with van der Waals surface area (Å²) in [5, 5.41) is 10.4. The molecule has 3 aromatic rings. The smallest absolute Gasteiger partial charge is 0.0991 e. The van der Waals surface area contributed by atoms with E-state index >= 15 is 0 Å². The first-order valence-electron chi connectivity index (χ1n) is 13.0. The van der Waals surface area contributed by atoms with Crippen molar-refractivity contribution in [1.82, 2.24) is 9.88 Å². The van der Waals surface area contributed by atoms with Gasteiger partial charge in [-0.1, -0.05) is 6.07 Å². The number of hydrogen-bond donors (Lipinski definition) is 1. The second-order valence-corrected chi connectivity index (χ2v) is 10.1. The van der Waals surface area contributed by atoms with Gasteiger partial charge in [-0.05, 0) is 92.7 Å². The number of rotatable bonds is 7. The van der Waals surface area contributed by atoms with Crippen LogP contribution in [0.3, 0.4) is 0 Å². The third kappa shape index (κ3) is 5.32. The number of aromatic nitrogens is 1. The number of nitrogens with one attached hydrogen (secondary N) is 1. The number of morpholine rings is 1. The van der Waals surface area contributed by atoms with Gasteiger partial charge in [0, 0.05) is 55.7 Å². The molecule has 2 aliphatic rings. The molecule has 184 valence electrons. The molecule has 1 aromatic heterocycles. The van der Waals surface area contributed by atoms with Crippen LogP contribution in [0.15, 0.2) is 42.6 Å². The minimum Gasteiger partial charge on any atom is -0.378 e. The molecule has 0 radical (unpaired) electrons. The van der Waals surface area contributed by atoms with Gasteiger partial charge in [0.25, 0.3) is 0 Å². The number of piperidine rings is 1. The summed E-state index contributed by atoms with van der Waals surface area (Å²) in [6.07, 6.45) is 6.74. The Hall–Kier alpha value is -3.01. The Morgan fingerprint density at radius 2 is 1.86 bits per heavy atom. The van der Waals surface area contributed by atoms with Crippen LogP contribution in [0.5, 0.6) is 0 Å². The molecular formula is C29H37N5O. The van der Waals surface area contributed by atoms with Crippen molar-refractivity contribution in [1.29, 1.82) is 5.26 Å². The Morgan fingerprint density at radius 3 is 2.60 bits per heavy atom. The van der Waals surface area contributed by atoms with Gasteiger partial charge in [-0.25, -0.2) is 0 Å². The molecule has 0 amide bonds. The molecule has 3 heterocycles. The molecule has 2 saturated heterocycles. The lowest BCUT2D eigenvalue weighted by molar-refractivity contribution is 0.122. The van der Waals surface area contributed by atoms with E-state index in [0.717, 1.165) is 69.9 Å². The Bertz CT molecular complexity index is 1180. The van der Waals surface area contributed by atoms with E-state index in [1.807, 2.05) is 18.2 Å². The van der Waals surface area contributed by atoms with Gasteiger partial charge >= 0.3 is 0 Å². The number of aromatic amines is 1. The first kappa shape index (κ1) is 23.7. The van der Waals surface area contributed by atoms with Gasteiger partial charge in [-0.3, -0.25) is 0 Å². The summed E-state index contributed by atoms with van der Waals surface area (Å²) in [7, 11) is 4.24. The standard InChI is InChI=1S/C29H37N5O/c1-32(2)25-6-7-26(29(19-25)34-14-16-35-17-15-34)23-9-12-33(13-10-23)11-3-4-24-21-31-28-8-5-22(20-30)18-27(24)28/h5-8,18-19,21,23,31H,3-4,9-17H2,1-2H3. The van der Waals surface area contributed by atoms with E-state index in [2.05, 4.69) is 64.2 Å². The summed E-state index contributed by atoms with van der Waals surface area (Å²) < 4.78 is 5.62. The van der Waals surface area contributed by atoms with Gasteiger partial charge in [0.05, 0.1) is 24.8 Å². The fourth-order valence-corrected chi connectivity index (χ4v) is 5.65. The maximum Gasteiger partial charge on any atom is 0.0991 e. The molecule has 0 saturated carbocycles. The van der Waals surface area contributed by atoms with E-state index in [0.29, 0.717) is 5.92 Å². The molecule has 0 unspecified atom stereocenters. The summed E-state index contributed by atoms with van der Waals surface area (Å²) in [5.74, 6) is 0.623. The van der Waals surface area contributed by atoms with Crippen molar-refractivity contribution in [2.45, 2.75) is 31.6 Å². The summed E-state index contributed by atoms with van der Waals surface area (Å²) in [6.45, 7) is 7.05. The zero-order chi connectivity index (χ0) is 24.2. The monoisotopic (exact) mass is 471 g/mol. The summed E-state index contributed by atoms with van der Waals surface area (Å²) in [6, 6.07) is 15.2. The number of H-pyrrole nitrogens is 1. The van der Waals surface area contributed by atoms with E-state index in [-0.39, 0.29) is 0 Å². The Kier molecular flexibility index (Phi) is 7.26. The van der Waals surface area contributed by atoms with Crippen molar-refractivity contribution in [3.63, 3.8) is 0 Å². The molecule has 6 nitrogen and oxygen atoms in total. The number of nitriles is 1. The van der Waals surface area contributed by atoms with Crippen LogP contribution in [0.25, 0.3) is 10.9 Å². The maximum absolute atomic E-state index is 9.23. The van der Waals surface area contributed by atoms with E-state index in [1.54, 1.807) is 0 Å². The SMILES string of the molecule is CN(C)c1ccc(C2CCN(CCCc3c[nH]c4ccc(C#N)cc34)CC2)c(N2CCOCC2)c1. The van der Waals surface area contributed by atoms with Crippen LogP contribution in [-0.2, 0) is 11.2 Å². The number of likely N-dealkylation sites (tertiary alicyclic amines) is 1. The number of aryl methyl sites for hydroxylation is 1. The zero-order valence-electron chi connectivity index (χ0n) is 21.1. The number of fused-ring (bicyclic) bond motifs is 1. The Labute approximate surface area is 209 Å². The normalized spacial score (nSPS) is 17.6. The van der Waals surface area contributed by atoms with Crippen LogP contribution in [0, 0.1) is 11.3 Å². The topological polar surface area (TPSA) is 58.5 Å². The van der Waals surface area contributed by atoms with Crippen LogP contribution in [0.1, 0.15) is 41.9 Å². The van der Waals surface area contributed by atoms with Crippen LogP contribution < -0.4 is 9.80 Å². The second kappa shape index (κ2) is 10.7. The van der Waals surface area contributed by atoms with E-state index in [9.17, 15) is 5.26 Å². The molecule has 0 atom stereocenters. The minimum atomic E-state index is 0.623.